The predicted octanol–water partition coefficient (Wildman–Crippen LogP) is 3.24. The van der Waals surface area contributed by atoms with E-state index < -0.39 is 11.1 Å². The first-order chi connectivity index (χ1) is 7.70. The van der Waals surface area contributed by atoms with E-state index >= 15 is 0 Å². The Hall–Kier alpha value is -0.670. The first-order valence-electron chi connectivity index (χ1n) is 5.85. The summed E-state index contributed by atoms with van der Waals surface area (Å²) < 4.78 is 20.7. The lowest BCUT2D eigenvalue weighted by Gasteiger charge is -2.30. The predicted molar refractivity (Wildman–Crippen MR) is 66.9 cm³/mol. The lowest BCUT2D eigenvalue weighted by molar-refractivity contribution is 0.425. The Morgan fingerprint density at radius 3 is 2.62 bits per heavy atom. The van der Waals surface area contributed by atoms with Crippen LogP contribution in [0.25, 0.3) is 0 Å². The van der Waals surface area contributed by atoms with Crippen LogP contribution in [-0.2, 0) is 11.1 Å². The monoisotopic (exact) mass is 238 g/mol. The largest absolute Gasteiger partial charge is 0.306 e. The van der Waals surface area contributed by atoms with Crippen molar-refractivity contribution >= 4 is 11.1 Å². The van der Waals surface area contributed by atoms with Crippen molar-refractivity contribution in [3.63, 3.8) is 0 Å². The van der Waals surface area contributed by atoms with Crippen molar-refractivity contribution in [2.75, 3.05) is 0 Å². The molecule has 88 valence electrons. The maximum absolute atomic E-state index is 11.4. The van der Waals surface area contributed by atoms with Crippen LogP contribution in [0.3, 0.4) is 0 Å². The molecule has 0 bridgehead atoms. The van der Waals surface area contributed by atoms with Gasteiger partial charge in [-0.2, -0.15) is 0 Å². The standard InChI is InChI=1S/C13H18O2S/c1-10-6-2-3-7-11(10)12-8-4-5-9-13(12)16(14)15/h2-3,6-7,12-13H,4-5,8-9H2,1H3,(H,14,15). The van der Waals surface area contributed by atoms with Gasteiger partial charge in [0.05, 0.1) is 5.25 Å². The van der Waals surface area contributed by atoms with Crippen molar-refractivity contribution in [1.29, 1.82) is 0 Å². The number of benzene rings is 1. The van der Waals surface area contributed by atoms with Crippen LogP contribution in [0.4, 0.5) is 0 Å². The lowest BCUT2D eigenvalue weighted by atomic mass is 9.82. The van der Waals surface area contributed by atoms with Crippen LogP contribution in [0.15, 0.2) is 24.3 Å². The van der Waals surface area contributed by atoms with E-state index in [1.807, 2.05) is 12.1 Å². The van der Waals surface area contributed by atoms with Gasteiger partial charge in [-0.05, 0) is 30.9 Å². The second-order valence-corrected chi connectivity index (χ2v) is 5.72. The fourth-order valence-corrected chi connectivity index (χ4v) is 3.63. The molecule has 16 heavy (non-hydrogen) atoms. The molecule has 2 nitrogen and oxygen atoms in total. The minimum atomic E-state index is -1.69. The van der Waals surface area contributed by atoms with Gasteiger partial charge in [0.1, 0.15) is 0 Å². The second-order valence-electron chi connectivity index (χ2n) is 4.56. The summed E-state index contributed by atoms with van der Waals surface area (Å²) in [4.78, 5) is 0. The minimum absolute atomic E-state index is 0.0742. The van der Waals surface area contributed by atoms with E-state index in [4.69, 9.17) is 0 Å². The summed E-state index contributed by atoms with van der Waals surface area (Å²) in [5.74, 6) is 0.265. The van der Waals surface area contributed by atoms with Crippen molar-refractivity contribution in [2.45, 2.75) is 43.8 Å². The third-order valence-corrected chi connectivity index (χ3v) is 4.63. The molecule has 1 aromatic carbocycles. The SMILES string of the molecule is Cc1ccccc1C1CCCCC1S(=O)O. The van der Waals surface area contributed by atoms with Crippen molar-refractivity contribution in [3.05, 3.63) is 35.4 Å². The normalized spacial score (nSPS) is 27.6. The fraction of sp³-hybridized carbons (Fsp3) is 0.538. The third kappa shape index (κ3) is 2.36. The summed E-state index contributed by atoms with van der Waals surface area (Å²) in [5.41, 5.74) is 2.50. The number of rotatable bonds is 2. The van der Waals surface area contributed by atoms with Gasteiger partial charge in [0, 0.05) is 5.92 Å². The topological polar surface area (TPSA) is 37.3 Å². The first kappa shape index (κ1) is 11.8. The zero-order chi connectivity index (χ0) is 11.5. The highest BCUT2D eigenvalue weighted by atomic mass is 32.2. The summed E-state index contributed by atoms with van der Waals surface area (Å²) in [6.07, 6.45) is 4.18. The van der Waals surface area contributed by atoms with Gasteiger partial charge in [0.15, 0.2) is 11.1 Å². The van der Waals surface area contributed by atoms with Crippen LogP contribution in [0.5, 0.6) is 0 Å². The summed E-state index contributed by atoms with van der Waals surface area (Å²) in [5, 5.41) is -0.0742. The smallest absolute Gasteiger partial charge is 0.156 e. The van der Waals surface area contributed by atoms with Crippen LogP contribution in [0.1, 0.15) is 42.7 Å². The Morgan fingerprint density at radius 1 is 1.25 bits per heavy atom. The maximum Gasteiger partial charge on any atom is 0.156 e. The Bertz CT molecular complexity index is 389. The molecule has 1 fully saturated rings. The molecule has 0 aromatic heterocycles. The fourth-order valence-electron chi connectivity index (χ4n) is 2.70. The summed E-state index contributed by atoms with van der Waals surface area (Å²) in [6.45, 7) is 2.08. The van der Waals surface area contributed by atoms with E-state index in [-0.39, 0.29) is 11.2 Å². The molecule has 2 rings (SSSR count). The van der Waals surface area contributed by atoms with E-state index in [9.17, 15) is 8.76 Å². The molecule has 1 aromatic rings. The van der Waals surface area contributed by atoms with Gasteiger partial charge in [-0.3, -0.25) is 0 Å². The Labute approximate surface area is 99.4 Å². The van der Waals surface area contributed by atoms with E-state index in [0.717, 1.165) is 19.3 Å². The third-order valence-electron chi connectivity index (χ3n) is 3.55. The summed E-state index contributed by atoms with van der Waals surface area (Å²) >= 11 is -1.69. The molecule has 1 saturated carbocycles. The van der Waals surface area contributed by atoms with Gasteiger partial charge in [0.2, 0.25) is 0 Å². The van der Waals surface area contributed by atoms with E-state index in [0.29, 0.717) is 0 Å². The van der Waals surface area contributed by atoms with Crippen molar-refractivity contribution in [1.82, 2.24) is 0 Å². The van der Waals surface area contributed by atoms with Crippen LogP contribution >= 0.6 is 0 Å². The number of hydrogen-bond acceptors (Lipinski definition) is 1. The molecule has 0 heterocycles. The van der Waals surface area contributed by atoms with Gasteiger partial charge in [0.25, 0.3) is 0 Å². The average Bonchev–Trinajstić information content (AvgIpc) is 2.29. The number of hydrogen-bond donors (Lipinski definition) is 1. The molecule has 3 atom stereocenters. The quantitative estimate of drug-likeness (QED) is 0.803. The molecular weight excluding hydrogens is 220 g/mol. The van der Waals surface area contributed by atoms with Gasteiger partial charge in [-0.25, -0.2) is 4.21 Å². The first-order valence-corrected chi connectivity index (χ1v) is 7.02. The molecular formula is C13H18O2S. The van der Waals surface area contributed by atoms with E-state index in [2.05, 4.69) is 19.1 Å². The zero-order valence-corrected chi connectivity index (χ0v) is 10.4. The molecule has 0 amide bonds. The van der Waals surface area contributed by atoms with Crippen molar-refractivity contribution in [3.8, 4) is 0 Å². The van der Waals surface area contributed by atoms with Gasteiger partial charge in [-0.1, -0.05) is 37.1 Å². The molecule has 0 saturated heterocycles. The maximum atomic E-state index is 11.4. The highest BCUT2D eigenvalue weighted by Crippen LogP contribution is 2.36. The molecule has 3 unspecified atom stereocenters. The van der Waals surface area contributed by atoms with Crippen LogP contribution < -0.4 is 0 Å². The van der Waals surface area contributed by atoms with Gasteiger partial charge < -0.3 is 4.55 Å². The number of aryl methyl sites for hydroxylation is 1. The molecule has 1 aliphatic carbocycles. The molecule has 0 radical (unpaired) electrons. The van der Waals surface area contributed by atoms with Crippen molar-refractivity contribution in [2.24, 2.45) is 0 Å². The lowest BCUT2D eigenvalue weighted by Crippen LogP contribution is -2.27. The summed E-state index contributed by atoms with van der Waals surface area (Å²) in [6, 6.07) is 8.23. The molecule has 1 aliphatic rings. The Kier molecular flexibility index (Phi) is 3.77. The van der Waals surface area contributed by atoms with Crippen LogP contribution in [-0.4, -0.2) is 14.0 Å². The second kappa shape index (κ2) is 5.11. The highest BCUT2D eigenvalue weighted by molar-refractivity contribution is 7.79. The highest BCUT2D eigenvalue weighted by Gasteiger charge is 2.31. The zero-order valence-electron chi connectivity index (χ0n) is 9.56. The average molecular weight is 238 g/mol. The molecule has 3 heteroatoms. The van der Waals surface area contributed by atoms with Gasteiger partial charge >= 0.3 is 0 Å². The Morgan fingerprint density at radius 2 is 1.94 bits per heavy atom. The van der Waals surface area contributed by atoms with E-state index in [1.54, 1.807) is 0 Å². The van der Waals surface area contributed by atoms with E-state index in [1.165, 1.54) is 17.5 Å². The minimum Gasteiger partial charge on any atom is -0.306 e. The summed E-state index contributed by atoms with van der Waals surface area (Å²) in [7, 11) is 0. The van der Waals surface area contributed by atoms with Crippen LogP contribution in [0, 0.1) is 6.92 Å². The van der Waals surface area contributed by atoms with Crippen LogP contribution in [0.2, 0.25) is 0 Å². The Balaban J connectivity index is 2.30. The molecule has 1 N–H and O–H groups in total. The van der Waals surface area contributed by atoms with Gasteiger partial charge in [-0.15, -0.1) is 0 Å². The molecule has 0 aliphatic heterocycles. The van der Waals surface area contributed by atoms with Crippen molar-refractivity contribution < 1.29 is 8.76 Å². The molecule has 0 spiro atoms.